The van der Waals surface area contributed by atoms with Crippen LogP contribution in [0.5, 0.6) is 0 Å². The van der Waals surface area contributed by atoms with Crippen molar-refractivity contribution in [3.8, 4) is 0 Å². The molecule has 0 aromatic carbocycles. The van der Waals surface area contributed by atoms with Crippen molar-refractivity contribution < 1.29 is 13.2 Å². The molecule has 0 unspecified atom stereocenters. The first kappa shape index (κ1) is 14.8. The van der Waals surface area contributed by atoms with E-state index in [1.54, 1.807) is 4.31 Å². The number of nitrogens with zero attached hydrogens (tertiary/aromatic N) is 1. The van der Waals surface area contributed by atoms with Gasteiger partial charge in [-0.1, -0.05) is 19.3 Å². The molecular weight excluding hydrogens is 274 g/mol. The summed E-state index contributed by atoms with van der Waals surface area (Å²) < 4.78 is 32.4. The van der Waals surface area contributed by atoms with Gasteiger partial charge in [-0.05, 0) is 43.4 Å². The summed E-state index contributed by atoms with van der Waals surface area (Å²) in [5.74, 6) is 0.500. The molecule has 0 N–H and O–H groups in total. The second-order valence-corrected chi connectivity index (χ2v) is 9.02. The van der Waals surface area contributed by atoms with E-state index in [9.17, 15) is 8.42 Å². The zero-order valence-corrected chi connectivity index (χ0v) is 13.2. The smallest absolute Gasteiger partial charge is 0.214 e. The van der Waals surface area contributed by atoms with Crippen LogP contribution in [-0.4, -0.2) is 44.8 Å². The van der Waals surface area contributed by atoms with Crippen LogP contribution in [0.15, 0.2) is 0 Å². The molecule has 3 rings (SSSR count). The third kappa shape index (κ3) is 3.20. The normalized spacial score (nSPS) is 31.7. The molecular formula is C15H27NO3S. The first-order valence-corrected chi connectivity index (χ1v) is 9.76. The highest BCUT2D eigenvalue weighted by Gasteiger charge is 2.43. The van der Waals surface area contributed by atoms with E-state index in [1.807, 2.05) is 0 Å². The summed E-state index contributed by atoms with van der Waals surface area (Å²) >= 11 is 0. The maximum absolute atomic E-state index is 12.6. The minimum atomic E-state index is -3.08. The van der Waals surface area contributed by atoms with Crippen molar-refractivity contribution in [2.24, 2.45) is 11.3 Å². The largest absolute Gasteiger partial charge is 0.381 e. The molecule has 0 radical (unpaired) electrons. The van der Waals surface area contributed by atoms with E-state index in [2.05, 4.69) is 0 Å². The number of hydrogen-bond acceptors (Lipinski definition) is 3. The van der Waals surface area contributed by atoms with Gasteiger partial charge in [-0.15, -0.1) is 0 Å². The maximum Gasteiger partial charge on any atom is 0.214 e. The predicted molar refractivity (Wildman–Crippen MR) is 79.0 cm³/mol. The van der Waals surface area contributed by atoms with E-state index in [1.165, 1.54) is 32.1 Å². The quantitative estimate of drug-likeness (QED) is 0.804. The van der Waals surface area contributed by atoms with Gasteiger partial charge in [0.25, 0.3) is 0 Å². The van der Waals surface area contributed by atoms with Crippen molar-refractivity contribution in [1.29, 1.82) is 0 Å². The zero-order chi connectivity index (χ0) is 14.1. The Morgan fingerprint density at radius 1 is 1.10 bits per heavy atom. The van der Waals surface area contributed by atoms with Gasteiger partial charge in [0.05, 0.1) is 12.4 Å². The Hall–Kier alpha value is -0.130. The lowest BCUT2D eigenvalue weighted by molar-refractivity contribution is 0.0622. The van der Waals surface area contributed by atoms with E-state index in [0.29, 0.717) is 17.8 Å². The second-order valence-electron chi connectivity index (χ2n) is 7.01. The number of rotatable bonds is 3. The standard InChI is InChI=1S/C15H27NO3S/c17-20(18,12-14-5-4-10-19-11-14)16-9-8-15(13-16)6-2-1-3-7-15/h14H,1-13H2/t14-/m0/s1. The molecule has 4 nitrogen and oxygen atoms in total. The van der Waals surface area contributed by atoms with Gasteiger partial charge in [0, 0.05) is 19.7 Å². The Morgan fingerprint density at radius 3 is 2.60 bits per heavy atom. The molecule has 0 aromatic heterocycles. The predicted octanol–water partition coefficient (Wildman–Crippen LogP) is 2.40. The highest BCUT2D eigenvalue weighted by Crippen LogP contribution is 2.44. The molecule has 116 valence electrons. The summed E-state index contributed by atoms with van der Waals surface area (Å²) in [5, 5.41) is 0. The Morgan fingerprint density at radius 2 is 1.90 bits per heavy atom. The Kier molecular flexibility index (Phi) is 4.39. The van der Waals surface area contributed by atoms with Crippen LogP contribution in [0.25, 0.3) is 0 Å². The summed E-state index contributed by atoms with van der Waals surface area (Å²) in [4.78, 5) is 0. The Balaban J connectivity index is 1.60. The van der Waals surface area contributed by atoms with Crippen molar-refractivity contribution >= 4 is 10.0 Å². The summed E-state index contributed by atoms with van der Waals surface area (Å²) in [6, 6.07) is 0. The zero-order valence-electron chi connectivity index (χ0n) is 12.3. The van der Waals surface area contributed by atoms with Gasteiger partial charge in [-0.25, -0.2) is 12.7 Å². The van der Waals surface area contributed by atoms with Crippen molar-refractivity contribution in [3.05, 3.63) is 0 Å². The minimum absolute atomic E-state index is 0.205. The van der Waals surface area contributed by atoms with E-state index in [-0.39, 0.29) is 5.92 Å². The average Bonchev–Trinajstić information content (AvgIpc) is 2.85. The maximum atomic E-state index is 12.6. The number of ether oxygens (including phenoxy) is 1. The SMILES string of the molecule is O=S(=O)(C[C@H]1CCCOC1)N1CCC2(CCCCC2)C1. The van der Waals surface area contributed by atoms with E-state index in [0.717, 1.165) is 39.0 Å². The Bertz CT molecular complexity index is 422. The van der Waals surface area contributed by atoms with E-state index in [4.69, 9.17) is 4.74 Å². The molecule has 0 bridgehead atoms. The van der Waals surface area contributed by atoms with Crippen molar-refractivity contribution in [2.75, 3.05) is 32.1 Å². The van der Waals surface area contributed by atoms with E-state index < -0.39 is 10.0 Å². The molecule has 2 saturated heterocycles. The molecule has 1 spiro atoms. The number of sulfonamides is 1. The lowest BCUT2D eigenvalue weighted by atomic mass is 9.74. The molecule has 2 aliphatic heterocycles. The van der Waals surface area contributed by atoms with Gasteiger partial charge in [0.15, 0.2) is 0 Å². The van der Waals surface area contributed by atoms with Gasteiger partial charge in [0.1, 0.15) is 0 Å². The van der Waals surface area contributed by atoms with Gasteiger partial charge in [0.2, 0.25) is 10.0 Å². The molecule has 0 amide bonds. The average molecular weight is 301 g/mol. The first-order valence-electron chi connectivity index (χ1n) is 8.15. The van der Waals surface area contributed by atoms with E-state index >= 15 is 0 Å². The molecule has 2 heterocycles. The lowest BCUT2D eigenvalue weighted by Gasteiger charge is -2.33. The van der Waals surface area contributed by atoms with Crippen LogP contribution in [0.2, 0.25) is 0 Å². The van der Waals surface area contributed by atoms with Crippen LogP contribution >= 0.6 is 0 Å². The topological polar surface area (TPSA) is 46.6 Å². The molecule has 3 aliphatic rings. The Labute approximate surface area is 122 Å². The molecule has 3 fully saturated rings. The molecule has 20 heavy (non-hydrogen) atoms. The minimum Gasteiger partial charge on any atom is -0.381 e. The first-order chi connectivity index (χ1) is 9.60. The molecule has 5 heteroatoms. The monoisotopic (exact) mass is 301 g/mol. The highest BCUT2D eigenvalue weighted by atomic mass is 32.2. The second kappa shape index (κ2) is 5.93. The highest BCUT2D eigenvalue weighted by molar-refractivity contribution is 7.89. The van der Waals surface area contributed by atoms with Gasteiger partial charge in [-0.3, -0.25) is 0 Å². The third-order valence-electron chi connectivity index (χ3n) is 5.41. The number of hydrogen-bond donors (Lipinski definition) is 0. The summed E-state index contributed by atoms with van der Waals surface area (Å²) in [5.41, 5.74) is 0.314. The molecule has 0 aromatic rings. The lowest BCUT2D eigenvalue weighted by Crippen LogP contribution is -2.37. The van der Waals surface area contributed by atoms with Crippen molar-refractivity contribution in [1.82, 2.24) is 4.31 Å². The van der Waals surface area contributed by atoms with Crippen molar-refractivity contribution in [2.45, 2.75) is 51.4 Å². The third-order valence-corrected chi connectivity index (χ3v) is 7.40. The fourth-order valence-electron chi connectivity index (χ4n) is 4.18. The van der Waals surface area contributed by atoms with Gasteiger partial charge in [-0.2, -0.15) is 0 Å². The van der Waals surface area contributed by atoms with Crippen LogP contribution in [0.3, 0.4) is 0 Å². The fourth-order valence-corrected chi connectivity index (χ4v) is 6.09. The molecule has 1 saturated carbocycles. The van der Waals surface area contributed by atoms with Crippen LogP contribution in [0.1, 0.15) is 51.4 Å². The fraction of sp³-hybridized carbons (Fsp3) is 1.00. The molecule has 1 aliphatic carbocycles. The van der Waals surface area contributed by atoms with Crippen LogP contribution in [0, 0.1) is 11.3 Å². The summed E-state index contributed by atoms with van der Waals surface area (Å²) in [7, 11) is -3.08. The van der Waals surface area contributed by atoms with Crippen LogP contribution in [-0.2, 0) is 14.8 Å². The summed E-state index contributed by atoms with van der Waals surface area (Å²) in [6.45, 7) is 2.94. The van der Waals surface area contributed by atoms with Crippen molar-refractivity contribution in [3.63, 3.8) is 0 Å². The van der Waals surface area contributed by atoms with Gasteiger partial charge < -0.3 is 4.74 Å². The summed E-state index contributed by atoms with van der Waals surface area (Å²) in [6.07, 6.45) is 9.43. The van der Waals surface area contributed by atoms with Gasteiger partial charge >= 0.3 is 0 Å². The van der Waals surface area contributed by atoms with Crippen LogP contribution < -0.4 is 0 Å². The van der Waals surface area contributed by atoms with Crippen LogP contribution in [0.4, 0.5) is 0 Å². The molecule has 1 atom stereocenters.